The van der Waals surface area contributed by atoms with Crippen LogP contribution in [0.2, 0.25) is 0 Å². The minimum atomic E-state index is 0.158. The van der Waals surface area contributed by atoms with Gasteiger partial charge in [0, 0.05) is 12.5 Å². The van der Waals surface area contributed by atoms with Crippen LogP contribution in [0.15, 0.2) is 23.1 Å². The summed E-state index contributed by atoms with van der Waals surface area (Å²) in [6.45, 7) is 0.923. The highest BCUT2D eigenvalue weighted by Gasteiger charge is 2.11. The highest BCUT2D eigenvalue weighted by Crippen LogP contribution is 2.33. The van der Waals surface area contributed by atoms with E-state index in [2.05, 4.69) is 4.90 Å². The molecule has 0 aromatic heterocycles. The molecule has 0 unspecified atom stereocenters. The molecule has 106 valence electrons. The van der Waals surface area contributed by atoms with Gasteiger partial charge in [0.15, 0.2) is 5.12 Å². The largest absolute Gasteiger partial charge is 0.497 e. The summed E-state index contributed by atoms with van der Waals surface area (Å²) in [4.78, 5) is 14.8. The lowest BCUT2D eigenvalue weighted by molar-refractivity contribution is -0.111. The molecule has 0 aliphatic rings. The molecule has 0 fully saturated rings. The molecule has 0 spiro atoms. The number of nitrogens with zero attached hydrogens (tertiary/aromatic N) is 1. The smallest absolute Gasteiger partial charge is 0.193 e. The fourth-order valence-corrected chi connectivity index (χ4v) is 2.44. The minimum absolute atomic E-state index is 0.158. The van der Waals surface area contributed by atoms with Crippen LogP contribution >= 0.6 is 11.8 Å². The predicted octanol–water partition coefficient (Wildman–Crippen LogP) is 2.66. The monoisotopic (exact) mass is 283 g/mol. The third kappa shape index (κ3) is 5.53. The molecular formula is C14H21NO3S. The Kier molecular flexibility index (Phi) is 6.73. The standard InChI is InChI=1S/C14H21NO3S/c1-15(2)9-5-6-14(16)19-13-8-7-11(17-3)10-12(13)18-4/h7-8,10H,5-6,9H2,1-4H3. The lowest BCUT2D eigenvalue weighted by atomic mass is 10.3. The fourth-order valence-electron chi connectivity index (χ4n) is 1.57. The number of hydrogen-bond donors (Lipinski definition) is 0. The van der Waals surface area contributed by atoms with Crippen LogP contribution in [0.5, 0.6) is 11.5 Å². The van der Waals surface area contributed by atoms with E-state index in [1.807, 2.05) is 26.2 Å². The molecule has 0 aliphatic carbocycles. The number of carbonyl (C=O) groups is 1. The third-order valence-electron chi connectivity index (χ3n) is 2.58. The summed E-state index contributed by atoms with van der Waals surface area (Å²) in [7, 11) is 7.21. The Bertz CT molecular complexity index is 421. The van der Waals surface area contributed by atoms with Gasteiger partial charge in [-0.3, -0.25) is 4.79 Å². The highest BCUT2D eigenvalue weighted by molar-refractivity contribution is 8.13. The van der Waals surface area contributed by atoms with Crippen LogP contribution in [0.4, 0.5) is 0 Å². The molecule has 0 saturated heterocycles. The Balaban J connectivity index is 2.58. The average Bonchev–Trinajstić information content (AvgIpc) is 2.38. The van der Waals surface area contributed by atoms with Crippen molar-refractivity contribution in [3.8, 4) is 11.5 Å². The van der Waals surface area contributed by atoms with Crippen molar-refractivity contribution in [2.75, 3.05) is 34.9 Å². The first-order valence-electron chi connectivity index (χ1n) is 6.14. The van der Waals surface area contributed by atoms with E-state index in [-0.39, 0.29) is 5.12 Å². The number of benzene rings is 1. The maximum Gasteiger partial charge on any atom is 0.193 e. The maximum atomic E-state index is 11.9. The van der Waals surface area contributed by atoms with Gasteiger partial charge in [-0.25, -0.2) is 0 Å². The van der Waals surface area contributed by atoms with Crippen molar-refractivity contribution in [2.24, 2.45) is 0 Å². The Morgan fingerprint density at radius 2 is 2.00 bits per heavy atom. The van der Waals surface area contributed by atoms with Crippen LogP contribution in [0.25, 0.3) is 0 Å². The summed E-state index contributed by atoms with van der Waals surface area (Å²) in [6, 6.07) is 5.47. The number of thioether (sulfide) groups is 1. The van der Waals surface area contributed by atoms with E-state index in [0.717, 1.165) is 23.6 Å². The number of carbonyl (C=O) groups excluding carboxylic acids is 1. The summed E-state index contributed by atoms with van der Waals surface area (Å²) in [5.74, 6) is 1.39. The molecule has 0 atom stereocenters. The van der Waals surface area contributed by atoms with Crippen LogP contribution in [0.1, 0.15) is 12.8 Å². The first kappa shape index (κ1) is 15.9. The summed E-state index contributed by atoms with van der Waals surface area (Å²) >= 11 is 1.23. The van der Waals surface area contributed by atoms with Crippen LogP contribution in [-0.2, 0) is 4.79 Å². The maximum absolute atomic E-state index is 11.9. The van der Waals surface area contributed by atoms with E-state index in [1.54, 1.807) is 20.3 Å². The van der Waals surface area contributed by atoms with E-state index in [9.17, 15) is 4.79 Å². The number of methoxy groups -OCH3 is 2. The molecule has 0 radical (unpaired) electrons. The Labute approximate surface area is 119 Å². The number of rotatable bonds is 7. The van der Waals surface area contributed by atoms with Gasteiger partial charge in [0.2, 0.25) is 0 Å². The first-order chi connectivity index (χ1) is 9.06. The lowest BCUT2D eigenvalue weighted by Crippen LogP contribution is -2.13. The van der Waals surface area contributed by atoms with Crippen LogP contribution < -0.4 is 9.47 Å². The van der Waals surface area contributed by atoms with Gasteiger partial charge in [-0.1, -0.05) is 0 Å². The predicted molar refractivity (Wildman–Crippen MR) is 78.2 cm³/mol. The Morgan fingerprint density at radius 1 is 1.26 bits per heavy atom. The van der Waals surface area contributed by atoms with Gasteiger partial charge in [0.05, 0.1) is 19.1 Å². The fraction of sp³-hybridized carbons (Fsp3) is 0.500. The molecule has 0 bridgehead atoms. The zero-order chi connectivity index (χ0) is 14.3. The molecule has 1 rings (SSSR count). The van der Waals surface area contributed by atoms with Crippen molar-refractivity contribution in [1.29, 1.82) is 0 Å². The van der Waals surface area contributed by atoms with Gasteiger partial charge < -0.3 is 14.4 Å². The second kappa shape index (κ2) is 8.07. The molecule has 1 aromatic carbocycles. The third-order valence-corrected chi connectivity index (χ3v) is 3.57. The molecular weight excluding hydrogens is 262 g/mol. The highest BCUT2D eigenvalue weighted by atomic mass is 32.2. The summed E-state index contributed by atoms with van der Waals surface area (Å²) in [5.41, 5.74) is 0. The quantitative estimate of drug-likeness (QED) is 0.719. The number of hydrogen-bond acceptors (Lipinski definition) is 5. The normalized spacial score (nSPS) is 10.6. The minimum Gasteiger partial charge on any atom is -0.497 e. The molecule has 0 aliphatic heterocycles. The second-order valence-electron chi connectivity index (χ2n) is 4.40. The summed E-state index contributed by atoms with van der Waals surface area (Å²) in [6.07, 6.45) is 1.44. The molecule has 0 amide bonds. The van der Waals surface area contributed by atoms with Gasteiger partial charge in [-0.2, -0.15) is 0 Å². The van der Waals surface area contributed by atoms with Crippen molar-refractivity contribution in [3.05, 3.63) is 18.2 Å². The SMILES string of the molecule is COc1ccc(SC(=O)CCCN(C)C)c(OC)c1. The van der Waals surface area contributed by atoms with Gasteiger partial charge in [0.25, 0.3) is 0 Å². The van der Waals surface area contributed by atoms with Crippen LogP contribution in [0.3, 0.4) is 0 Å². The van der Waals surface area contributed by atoms with E-state index >= 15 is 0 Å². The second-order valence-corrected chi connectivity index (χ2v) is 5.50. The molecule has 0 heterocycles. The molecule has 0 saturated carbocycles. The summed E-state index contributed by atoms with van der Waals surface area (Å²) in [5, 5.41) is 0.158. The molecule has 0 N–H and O–H groups in total. The number of ether oxygens (including phenoxy) is 2. The molecule has 1 aromatic rings. The molecule has 5 heteroatoms. The summed E-state index contributed by atoms with van der Waals surface area (Å²) < 4.78 is 10.4. The van der Waals surface area contributed by atoms with E-state index in [4.69, 9.17) is 9.47 Å². The first-order valence-corrected chi connectivity index (χ1v) is 6.96. The van der Waals surface area contributed by atoms with Gasteiger partial charge >= 0.3 is 0 Å². The molecule has 4 nitrogen and oxygen atoms in total. The zero-order valence-electron chi connectivity index (χ0n) is 11.9. The van der Waals surface area contributed by atoms with Crippen molar-refractivity contribution >= 4 is 16.9 Å². The lowest BCUT2D eigenvalue weighted by Gasteiger charge is -2.10. The van der Waals surface area contributed by atoms with Gasteiger partial charge in [-0.05, 0) is 51.0 Å². The van der Waals surface area contributed by atoms with Crippen molar-refractivity contribution in [1.82, 2.24) is 4.90 Å². The topological polar surface area (TPSA) is 38.8 Å². The van der Waals surface area contributed by atoms with Crippen molar-refractivity contribution in [2.45, 2.75) is 17.7 Å². The van der Waals surface area contributed by atoms with Crippen molar-refractivity contribution < 1.29 is 14.3 Å². The van der Waals surface area contributed by atoms with Crippen LogP contribution in [0, 0.1) is 0 Å². The van der Waals surface area contributed by atoms with E-state index in [1.165, 1.54) is 11.8 Å². The Morgan fingerprint density at radius 3 is 2.58 bits per heavy atom. The Hall–Kier alpha value is -1.20. The average molecular weight is 283 g/mol. The zero-order valence-corrected chi connectivity index (χ0v) is 12.8. The van der Waals surface area contributed by atoms with E-state index < -0.39 is 0 Å². The van der Waals surface area contributed by atoms with E-state index in [0.29, 0.717) is 12.2 Å². The van der Waals surface area contributed by atoms with Crippen LogP contribution in [-0.4, -0.2) is 44.9 Å². The van der Waals surface area contributed by atoms with Gasteiger partial charge in [-0.15, -0.1) is 0 Å². The molecule has 19 heavy (non-hydrogen) atoms. The van der Waals surface area contributed by atoms with Crippen molar-refractivity contribution in [3.63, 3.8) is 0 Å². The van der Waals surface area contributed by atoms with Gasteiger partial charge in [0.1, 0.15) is 11.5 Å².